The Morgan fingerprint density at radius 3 is 2.58 bits per heavy atom. The summed E-state index contributed by atoms with van der Waals surface area (Å²) in [7, 11) is 0. The van der Waals surface area contributed by atoms with Crippen LogP contribution < -0.4 is 5.73 Å². The molecule has 0 bridgehead atoms. The number of hydrogen-bond acceptors (Lipinski definition) is 2. The molecule has 0 aromatic carbocycles. The average Bonchev–Trinajstić information content (AvgIpc) is 2.55. The molecule has 2 fully saturated rings. The number of rotatable bonds is 1. The molecule has 2 aliphatic rings. The van der Waals surface area contributed by atoms with Crippen LogP contribution in [0, 0.1) is 11.3 Å². The minimum Gasteiger partial charge on any atom is -0.465 e. The maximum absolute atomic E-state index is 10.9. The Bertz CT molecular complexity index is 265. The van der Waals surface area contributed by atoms with Gasteiger partial charge in [-0.2, -0.15) is 0 Å². The smallest absolute Gasteiger partial charge is 0.407 e. The molecular weight excluding hydrogens is 160 g/mol. The van der Waals surface area contributed by atoms with Gasteiger partial charge >= 0.3 is 6.09 Å². The normalized spacial score (nSPS) is 37.7. The van der Waals surface area contributed by atoms with Crippen molar-refractivity contribution < 1.29 is 14.7 Å². The molecule has 0 spiro atoms. The lowest BCUT2D eigenvalue weighted by Crippen LogP contribution is -2.35. The monoisotopic (exact) mass is 170 g/mol. The lowest BCUT2D eigenvalue weighted by Gasteiger charge is -2.15. The van der Waals surface area contributed by atoms with Gasteiger partial charge in [-0.05, 0) is 12.3 Å². The molecule has 1 saturated carbocycles. The molecule has 0 aromatic heterocycles. The first-order valence-electron chi connectivity index (χ1n) is 3.84. The van der Waals surface area contributed by atoms with Crippen LogP contribution in [0.1, 0.15) is 6.42 Å². The Morgan fingerprint density at radius 2 is 2.25 bits per heavy atom. The average molecular weight is 170 g/mol. The van der Waals surface area contributed by atoms with Gasteiger partial charge in [0.05, 0.1) is 5.41 Å². The Labute approximate surface area is 69.1 Å². The largest absolute Gasteiger partial charge is 0.465 e. The van der Waals surface area contributed by atoms with Crippen LogP contribution in [0.3, 0.4) is 0 Å². The third-order valence-corrected chi connectivity index (χ3v) is 2.91. The minimum atomic E-state index is -0.956. The first-order chi connectivity index (χ1) is 5.56. The topological polar surface area (TPSA) is 83.6 Å². The summed E-state index contributed by atoms with van der Waals surface area (Å²) in [6, 6.07) is 0. The first-order valence-corrected chi connectivity index (χ1v) is 3.84. The lowest BCUT2D eigenvalue weighted by molar-refractivity contribution is -0.123. The van der Waals surface area contributed by atoms with Gasteiger partial charge in [0.2, 0.25) is 5.91 Å². The SMILES string of the molecule is NC(=O)C12CC1CN(C(=O)O)C2. The van der Waals surface area contributed by atoms with E-state index in [0.717, 1.165) is 6.42 Å². The van der Waals surface area contributed by atoms with Crippen molar-refractivity contribution in [3.8, 4) is 0 Å². The highest BCUT2D eigenvalue weighted by atomic mass is 16.4. The molecule has 2 atom stereocenters. The van der Waals surface area contributed by atoms with Crippen molar-refractivity contribution in [2.75, 3.05) is 13.1 Å². The molecule has 5 heteroatoms. The highest BCUT2D eigenvalue weighted by molar-refractivity contribution is 5.86. The maximum atomic E-state index is 10.9. The van der Waals surface area contributed by atoms with Crippen LogP contribution in [0.2, 0.25) is 0 Å². The van der Waals surface area contributed by atoms with Gasteiger partial charge in [0.15, 0.2) is 0 Å². The van der Waals surface area contributed by atoms with E-state index in [1.807, 2.05) is 0 Å². The zero-order valence-electron chi connectivity index (χ0n) is 6.49. The Kier molecular flexibility index (Phi) is 1.18. The summed E-state index contributed by atoms with van der Waals surface area (Å²) >= 11 is 0. The summed E-state index contributed by atoms with van der Waals surface area (Å²) in [6.07, 6.45) is -0.186. The number of nitrogens with two attached hydrogens (primary N) is 1. The van der Waals surface area contributed by atoms with Crippen molar-refractivity contribution in [1.82, 2.24) is 4.90 Å². The van der Waals surface area contributed by atoms with E-state index in [-0.39, 0.29) is 11.8 Å². The molecule has 5 nitrogen and oxygen atoms in total. The van der Waals surface area contributed by atoms with Gasteiger partial charge in [-0.3, -0.25) is 4.79 Å². The Morgan fingerprint density at radius 1 is 1.58 bits per heavy atom. The second kappa shape index (κ2) is 1.91. The molecule has 1 heterocycles. The molecule has 0 aromatic rings. The number of nitrogens with zero attached hydrogens (tertiary/aromatic N) is 1. The van der Waals surface area contributed by atoms with E-state index in [2.05, 4.69) is 0 Å². The van der Waals surface area contributed by atoms with Gasteiger partial charge in [0.25, 0.3) is 0 Å². The van der Waals surface area contributed by atoms with Crippen LogP contribution >= 0.6 is 0 Å². The molecule has 2 amide bonds. The number of carboxylic acid groups (broad SMARTS) is 1. The molecule has 1 aliphatic carbocycles. The standard InChI is InChI=1S/C7H10N2O3/c8-5(10)7-1-4(7)2-9(3-7)6(11)12/h4H,1-3H2,(H2,8,10)(H,11,12). The van der Waals surface area contributed by atoms with Crippen molar-refractivity contribution in [1.29, 1.82) is 0 Å². The van der Waals surface area contributed by atoms with E-state index >= 15 is 0 Å². The molecule has 0 radical (unpaired) electrons. The summed E-state index contributed by atoms with van der Waals surface area (Å²) in [4.78, 5) is 22.7. The molecular formula is C7H10N2O3. The molecule has 3 N–H and O–H groups in total. The van der Waals surface area contributed by atoms with Gasteiger partial charge in [-0.1, -0.05) is 0 Å². The van der Waals surface area contributed by atoms with E-state index in [1.54, 1.807) is 0 Å². The highest BCUT2D eigenvalue weighted by Crippen LogP contribution is 2.57. The van der Waals surface area contributed by atoms with Gasteiger partial charge in [0.1, 0.15) is 0 Å². The second-order valence-corrected chi connectivity index (χ2v) is 3.58. The first kappa shape index (κ1) is 7.39. The third-order valence-electron chi connectivity index (χ3n) is 2.91. The van der Waals surface area contributed by atoms with Crippen LogP contribution in [0.4, 0.5) is 4.79 Å². The molecule has 1 aliphatic heterocycles. The quantitative estimate of drug-likeness (QED) is 0.555. The molecule has 66 valence electrons. The van der Waals surface area contributed by atoms with Crippen molar-refractivity contribution in [3.05, 3.63) is 0 Å². The van der Waals surface area contributed by atoms with Crippen LogP contribution in [-0.2, 0) is 4.79 Å². The number of carbonyl (C=O) groups is 2. The summed E-state index contributed by atoms with van der Waals surface area (Å²) in [6.45, 7) is 0.764. The van der Waals surface area contributed by atoms with Crippen molar-refractivity contribution in [2.24, 2.45) is 17.1 Å². The number of hydrogen-bond donors (Lipinski definition) is 2. The Hall–Kier alpha value is -1.26. The van der Waals surface area contributed by atoms with Crippen molar-refractivity contribution in [3.63, 3.8) is 0 Å². The zero-order valence-corrected chi connectivity index (χ0v) is 6.49. The highest BCUT2D eigenvalue weighted by Gasteiger charge is 2.65. The number of likely N-dealkylation sites (tertiary alicyclic amines) is 1. The fourth-order valence-electron chi connectivity index (χ4n) is 2.01. The van der Waals surface area contributed by atoms with E-state index in [1.165, 1.54) is 4.90 Å². The van der Waals surface area contributed by atoms with E-state index in [0.29, 0.717) is 13.1 Å². The maximum Gasteiger partial charge on any atom is 0.407 e. The van der Waals surface area contributed by atoms with E-state index in [4.69, 9.17) is 10.8 Å². The fraction of sp³-hybridized carbons (Fsp3) is 0.714. The van der Waals surface area contributed by atoms with Crippen LogP contribution in [0.5, 0.6) is 0 Å². The van der Waals surface area contributed by atoms with Gasteiger partial charge in [0, 0.05) is 13.1 Å². The molecule has 1 saturated heterocycles. The third kappa shape index (κ3) is 0.732. The van der Waals surface area contributed by atoms with Gasteiger partial charge in [-0.15, -0.1) is 0 Å². The summed E-state index contributed by atoms with van der Waals surface area (Å²) in [5.41, 5.74) is 4.68. The predicted molar refractivity (Wildman–Crippen MR) is 39.3 cm³/mol. The molecule has 12 heavy (non-hydrogen) atoms. The van der Waals surface area contributed by atoms with Crippen molar-refractivity contribution in [2.45, 2.75) is 6.42 Å². The number of primary amides is 1. The lowest BCUT2D eigenvalue weighted by atomic mass is 10.1. The summed E-state index contributed by atoms with van der Waals surface area (Å²) in [5.74, 6) is -0.164. The molecule has 2 rings (SSSR count). The minimum absolute atomic E-state index is 0.186. The fourth-order valence-corrected chi connectivity index (χ4v) is 2.01. The summed E-state index contributed by atoms with van der Waals surface area (Å²) in [5, 5.41) is 8.62. The van der Waals surface area contributed by atoms with Crippen LogP contribution in [-0.4, -0.2) is 35.1 Å². The van der Waals surface area contributed by atoms with E-state index < -0.39 is 11.5 Å². The predicted octanol–water partition coefficient (Wildman–Crippen LogP) is -0.528. The zero-order chi connectivity index (χ0) is 8.93. The molecule has 2 unspecified atom stereocenters. The van der Waals surface area contributed by atoms with Gasteiger partial charge in [-0.25, -0.2) is 4.79 Å². The number of piperidine rings is 1. The van der Waals surface area contributed by atoms with Gasteiger partial charge < -0.3 is 15.7 Å². The Balaban J connectivity index is 2.10. The van der Waals surface area contributed by atoms with Crippen molar-refractivity contribution >= 4 is 12.0 Å². The van der Waals surface area contributed by atoms with Crippen LogP contribution in [0.15, 0.2) is 0 Å². The second-order valence-electron chi connectivity index (χ2n) is 3.58. The van der Waals surface area contributed by atoms with Crippen LogP contribution in [0.25, 0.3) is 0 Å². The van der Waals surface area contributed by atoms with E-state index in [9.17, 15) is 9.59 Å². The summed E-state index contributed by atoms with van der Waals surface area (Å²) < 4.78 is 0. The number of fused-ring (bicyclic) bond motifs is 1. The number of amides is 2. The number of carbonyl (C=O) groups excluding carboxylic acids is 1.